The van der Waals surface area contributed by atoms with E-state index in [0.29, 0.717) is 23.6 Å². The van der Waals surface area contributed by atoms with Crippen molar-refractivity contribution < 1.29 is 22.0 Å². The van der Waals surface area contributed by atoms with Gasteiger partial charge in [0.25, 0.3) is 0 Å². The lowest BCUT2D eigenvalue weighted by Gasteiger charge is -2.28. The van der Waals surface area contributed by atoms with Gasteiger partial charge in [0.15, 0.2) is 0 Å². The third-order valence-electron chi connectivity index (χ3n) is 5.60. The van der Waals surface area contributed by atoms with E-state index in [2.05, 4.69) is 18.8 Å². The lowest BCUT2D eigenvalue weighted by Crippen LogP contribution is -2.13. The van der Waals surface area contributed by atoms with Crippen molar-refractivity contribution in [1.29, 1.82) is 0 Å². The van der Waals surface area contributed by atoms with Crippen molar-refractivity contribution in [3.63, 3.8) is 0 Å². The van der Waals surface area contributed by atoms with Gasteiger partial charge < -0.3 is 0 Å². The molecule has 1 fully saturated rings. The zero-order chi connectivity index (χ0) is 21.0. The predicted molar refractivity (Wildman–Crippen MR) is 103 cm³/mol. The molecule has 1 aliphatic carbocycles. The largest absolute Gasteiger partial charge is 0.422 e. The van der Waals surface area contributed by atoms with Gasteiger partial charge in [-0.3, -0.25) is 0 Å². The Kier molecular flexibility index (Phi) is 6.62. The van der Waals surface area contributed by atoms with Gasteiger partial charge in [-0.15, -0.1) is 0 Å². The summed E-state index contributed by atoms with van der Waals surface area (Å²) in [5, 5.41) is 0. The van der Waals surface area contributed by atoms with Gasteiger partial charge in [-0.05, 0) is 67.3 Å². The Labute approximate surface area is 168 Å². The molecule has 0 N–H and O–H groups in total. The van der Waals surface area contributed by atoms with Gasteiger partial charge in [0, 0.05) is 11.1 Å². The Morgan fingerprint density at radius 3 is 1.93 bits per heavy atom. The third-order valence-corrected chi connectivity index (χ3v) is 5.60. The zero-order valence-corrected chi connectivity index (χ0v) is 16.3. The molecule has 29 heavy (non-hydrogen) atoms. The quantitative estimate of drug-likeness (QED) is 0.367. The van der Waals surface area contributed by atoms with Crippen molar-refractivity contribution in [2.24, 2.45) is 5.92 Å². The van der Waals surface area contributed by atoms with Crippen LogP contribution in [-0.2, 0) is 6.18 Å². The minimum atomic E-state index is -5.08. The van der Waals surface area contributed by atoms with E-state index in [-0.39, 0.29) is 5.56 Å². The highest BCUT2D eigenvalue weighted by atomic mass is 19.4. The summed E-state index contributed by atoms with van der Waals surface area (Å²) in [7, 11) is 0. The van der Waals surface area contributed by atoms with Gasteiger partial charge in [-0.2, -0.15) is 13.2 Å². The maximum atomic E-state index is 13.6. The standard InChI is InChI=1S/C24H23F5/c1-2-3-16-6-10-19(11-7-16)20-12-8-17(9-13-20)4-5-18-14-21(25)23(22(26)15-18)24(27,28)29/h8-9,12-16,19H,2-3,6-7,10-11H2,1H3. The normalized spacial score (nSPS) is 19.5. The molecule has 2 aromatic carbocycles. The number of benzene rings is 2. The second-order valence-corrected chi connectivity index (χ2v) is 7.69. The van der Waals surface area contributed by atoms with Gasteiger partial charge in [0.2, 0.25) is 0 Å². The molecule has 3 rings (SSSR count). The molecule has 5 heteroatoms. The van der Waals surface area contributed by atoms with Crippen LogP contribution in [0.25, 0.3) is 0 Å². The Bertz CT molecular complexity index is 869. The lowest BCUT2D eigenvalue weighted by molar-refractivity contribution is -0.142. The summed E-state index contributed by atoms with van der Waals surface area (Å²) in [6, 6.07) is 8.95. The summed E-state index contributed by atoms with van der Waals surface area (Å²) in [5.74, 6) is 3.38. The number of alkyl halides is 3. The van der Waals surface area contributed by atoms with E-state index >= 15 is 0 Å². The van der Waals surface area contributed by atoms with Gasteiger partial charge in [-0.25, -0.2) is 8.78 Å². The SMILES string of the molecule is CCCC1CCC(c2ccc(C#Cc3cc(F)c(C(F)(F)F)c(F)c3)cc2)CC1. The van der Waals surface area contributed by atoms with Crippen LogP contribution in [0.2, 0.25) is 0 Å². The summed E-state index contributed by atoms with van der Waals surface area (Å²) < 4.78 is 65.2. The van der Waals surface area contributed by atoms with E-state index in [1.54, 1.807) is 0 Å². The molecular formula is C24H23F5. The number of hydrogen-bond donors (Lipinski definition) is 0. The van der Waals surface area contributed by atoms with Crippen molar-refractivity contribution >= 4 is 0 Å². The van der Waals surface area contributed by atoms with Gasteiger partial charge in [0.05, 0.1) is 0 Å². The second kappa shape index (κ2) is 8.98. The number of rotatable bonds is 3. The highest BCUT2D eigenvalue weighted by molar-refractivity contribution is 5.45. The summed E-state index contributed by atoms with van der Waals surface area (Å²) in [5.41, 5.74) is -0.112. The Hall–Kier alpha value is -2.35. The highest BCUT2D eigenvalue weighted by Gasteiger charge is 2.37. The van der Waals surface area contributed by atoms with Crippen LogP contribution in [-0.4, -0.2) is 0 Å². The second-order valence-electron chi connectivity index (χ2n) is 7.69. The van der Waals surface area contributed by atoms with Gasteiger partial charge >= 0.3 is 6.18 Å². The first-order chi connectivity index (χ1) is 13.8. The van der Waals surface area contributed by atoms with E-state index in [1.165, 1.54) is 44.1 Å². The van der Waals surface area contributed by atoms with Crippen molar-refractivity contribution in [3.8, 4) is 11.8 Å². The van der Waals surface area contributed by atoms with Crippen LogP contribution in [0.5, 0.6) is 0 Å². The van der Waals surface area contributed by atoms with Crippen LogP contribution in [0.3, 0.4) is 0 Å². The fraction of sp³-hybridized carbons (Fsp3) is 0.417. The topological polar surface area (TPSA) is 0 Å². The molecule has 154 valence electrons. The Balaban J connectivity index is 1.69. The number of hydrogen-bond acceptors (Lipinski definition) is 0. The molecule has 0 heterocycles. The molecule has 0 nitrogen and oxygen atoms in total. The van der Waals surface area contributed by atoms with Crippen molar-refractivity contribution in [2.45, 2.75) is 57.5 Å². The smallest absolute Gasteiger partial charge is 0.206 e. The van der Waals surface area contributed by atoms with Crippen LogP contribution >= 0.6 is 0 Å². The molecule has 0 spiro atoms. The maximum absolute atomic E-state index is 13.6. The first-order valence-corrected chi connectivity index (χ1v) is 9.96. The number of halogens is 5. The highest BCUT2D eigenvalue weighted by Crippen LogP contribution is 2.37. The van der Waals surface area contributed by atoms with Crippen molar-refractivity contribution in [1.82, 2.24) is 0 Å². The molecule has 0 atom stereocenters. The van der Waals surface area contributed by atoms with Crippen molar-refractivity contribution in [2.75, 3.05) is 0 Å². The first kappa shape index (κ1) is 21.4. The maximum Gasteiger partial charge on any atom is 0.422 e. The summed E-state index contributed by atoms with van der Waals surface area (Å²) >= 11 is 0. The zero-order valence-electron chi connectivity index (χ0n) is 16.3. The first-order valence-electron chi connectivity index (χ1n) is 9.96. The van der Waals surface area contributed by atoms with Gasteiger partial charge in [-0.1, -0.05) is 43.7 Å². The Morgan fingerprint density at radius 2 is 1.41 bits per heavy atom. The fourth-order valence-corrected chi connectivity index (χ4v) is 4.09. The lowest BCUT2D eigenvalue weighted by atomic mass is 9.77. The molecule has 0 aliphatic heterocycles. The van der Waals surface area contributed by atoms with Crippen LogP contribution in [0.15, 0.2) is 36.4 Å². The van der Waals surface area contributed by atoms with Crippen LogP contribution in [0, 0.1) is 29.4 Å². The van der Waals surface area contributed by atoms with E-state index in [1.807, 2.05) is 24.3 Å². The van der Waals surface area contributed by atoms with E-state index in [4.69, 9.17) is 0 Å². The molecular weight excluding hydrogens is 383 g/mol. The van der Waals surface area contributed by atoms with Crippen LogP contribution < -0.4 is 0 Å². The minimum Gasteiger partial charge on any atom is -0.206 e. The molecule has 0 radical (unpaired) electrons. The molecule has 0 aromatic heterocycles. The minimum absolute atomic E-state index is 0.133. The molecule has 1 aliphatic rings. The molecule has 0 bridgehead atoms. The van der Waals surface area contributed by atoms with Gasteiger partial charge in [0.1, 0.15) is 17.2 Å². The van der Waals surface area contributed by atoms with E-state index in [9.17, 15) is 22.0 Å². The molecule has 1 saturated carbocycles. The van der Waals surface area contributed by atoms with E-state index in [0.717, 1.165) is 5.92 Å². The van der Waals surface area contributed by atoms with Crippen molar-refractivity contribution in [3.05, 3.63) is 70.3 Å². The summed E-state index contributed by atoms with van der Waals surface area (Å²) in [6.45, 7) is 2.22. The third kappa shape index (κ3) is 5.38. The molecule has 0 amide bonds. The molecule has 2 aromatic rings. The molecule has 0 unspecified atom stereocenters. The average molecular weight is 406 g/mol. The molecule has 0 saturated heterocycles. The predicted octanol–water partition coefficient (Wildman–Crippen LogP) is 7.46. The van der Waals surface area contributed by atoms with Crippen LogP contribution in [0.4, 0.5) is 22.0 Å². The van der Waals surface area contributed by atoms with Crippen LogP contribution in [0.1, 0.15) is 73.6 Å². The van der Waals surface area contributed by atoms with E-state index < -0.39 is 23.4 Å². The summed E-state index contributed by atoms with van der Waals surface area (Å²) in [4.78, 5) is 0. The Morgan fingerprint density at radius 1 is 0.862 bits per heavy atom. The average Bonchev–Trinajstić information content (AvgIpc) is 2.66. The summed E-state index contributed by atoms with van der Waals surface area (Å²) in [6.07, 6.45) is 2.32. The fourth-order valence-electron chi connectivity index (χ4n) is 4.09. The monoisotopic (exact) mass is 406 g/mol.